The third-order valence-electron chi connectivity index (χ3n) is 5.04. The number of ether oxygens (including phenoxy) is 3. The molecule has 0 saturated carbocycles. The van der Waals surface area contributed by atoms with E-state index < -0.39 is 21.5 Å². The maximum atomic E-state index is 12.8. The summed E-state index contributed by atoms with van der Waals surface area (Å²) in [4.78, 5) is 23.7. The largest absolute Gasteiger partial charge is 0.486 e. The molecule has 11 heteroatoms. The van der Waals surface area contributed by atoms with Gasteiger partial charge in [-0.25, -0.2) is 8.42 Å². The smallest absolute Gasteiger partial charge is 0.262 e. The minimum absolute atomic E-state index is 0.0559. The minimum atomic E-state index is -3.87. The zero-order valence-corrected chi connectivity index (χ0v) is 18.7. The van der Waals surface area contributed by atoms with Crippen LogP contribution in [0.3, 0.4) is 0 Å². The SMILES string of the molecule is CC(NC(=O)CCS(=O)(=O)c1cc2c(cc1Cl)NC(=O)CO2)c1ccc2c(c1)OCCO2. The van der Waals surface area contributed by atoms with Gasteiger partial charge in [0.2, 0.25) is 5.91 Å². The monoisotopic (exact) mass is 480 g/mol. The number of rotatable bonds is 6. The number of halogens is 1. The number of fused-ring (bicyclic) bond motifs is 2. The first-order valence-corrected chi connectivity index (χ1v) is 11.9. The van der Waals surface area contributed by atoms with Crippen LogP contribution in [0.4, 0.5) is 5.69 Å². The summed E-state index contributed by atoms with van der Waals surface area (Å²) in [5, 5.41) is 5.30. The molecule has 2 aromatic carbocycles. The third-order valence-corrected chi connectivity index (χ3v) is 7.22. The van der Waals surface area contributed by atoms with Crippen LogP contribution in [-0.4, -0.2) is 45.8 Å². The molecule has 0 aliphatic carbocycles. The third kappa shape index (κ3) is 4.76. The molecule has 0 aromatic heterocycles. The summed E-state index contributed by atoms with van der Waals surface area (Å²) in [5.41, 5.74) is 1.11. The topological polar surface area (TPSA) is 120 Å². The van der Waals surface area contributed by atoms with E-state index >= 15 is 0 Å². The molecule has 0 spiro atoms. The molecule has 1 unspecified atom stereocenters. The molecule has 0 saturated heterocycles. The molecule has 2 amide bonds. The molecule has 1 atom stereocenters. The van der Waals surface area contributed by atoms with Crippen LogP contribution < -0.4 is 24.8 Å². The first kappa shape index (κ1) is 22.2. The van der Waals surface area contributed by atoms with Crippen molar-refractivity contribution in [3.8, 4) is 17.2 Å². The van der Waals surface area contributed by atoms with Crippen molar-refractivity contribution in [2.45, 2.75) is 24.3 Å². The lowest BCUT2D eigenvalue weighted by Crippen LogP contribution is -2.28. The van der Waals surface area contributed by atoms with Gasteiger partial charge in [0.15, 0.2) is 27.9 Å². The number of hydrogen-bond acceptors (Lipinski definition) is 7. The number of carbonyl (C=O) groups is 2. The maximum Gasteiger partial charge on any atom is 0.262 e. The number of carbonyl (C=O) groups excluding carboxylic acids is 2. The van der Waals surface area contributed by atoms with E-state index in [1.807, 2.05) is 6.07 Å². The van der Waals surface area contributed by atoms with Gasteiger partial charge in [-0.1, -0.05) is 17.7 Å². The summed E-state index contributed by atoms with van der Waals surface area (Å²) in [6, 6.07) is 7.63. The molecule has 0 fully saturated rings. The fourth-order valence-electron chi connectivity index (χ4n) is 3.38. The van der Waals surface area contributed by atoms with Crippen LogP contribution in [0.25, 0.3) is 0 Å². The number of amides is 2. The highest BCUT2D eigenvalue weighted by Crippen LogP contribution is 2.36. The molecule has 2 heterocycles. The van der Waals surface area contributed by atoms with Gasteiger partial charge in [0, 0.05) is 12.5 Å². The molecular formula is C21H21ClN2O7S. The summed E-state index contributed by atoms with van der Waals surface area (Å²) < 4.78 is 41.9. The van der Waals surface area contributed by atoms with Crippen LogP contribution in [0.2, 0.25) is 5.02 Å². The summed E-state index contributed by atoms with van der Waals surface area (Å²) in [5.74, 6) is 0.260. The number of sulfone groups is 1. The Kier molecular flexibility index (Phi) is 6.16. The average Bonchev–Trinajstić information content (AvgIpc) is 2.76. The van der Waals surface area contributed by atoms with E-state index in [0.29, 0.717) is 30.4 Å². The second-order valence-electron chi connectivity index (χ2n) is 7.38. The quantitative estimate of drug-likeness (QED) is 0.651. The lowest BCUT2D eigenvalue weighted by atomic mass is 10.1. The maximum absolute atomic E-state index is 12.8. The van der Waals surface area contributed by atoms with E-state index in [9.17, 15) is 18.0 Å². The molecule has 9 nitrogen and oxygen atoms in total. The molecule has 2 N–H and O–H groups in total. The molecule has 2 aliphatic rings. The summed E-state index contributed by atoms with van der Waals surface area (Å²) in [6.45, 7) is 2.53. The van der Waals surface area contributed by atoms with Gasteiger partial charge in [0.05, 0.1) is 27.4 Å². The van der Waals surface area contributed by atoms with E-state index in [0.717, 1.165) is 5.56 Å². The zero-order chi connectivity index (χ0) is 22.9. The molecule has 32 heavy (non-hydrogen) atoms. The molecule has 0 radical (unpaired) electrons. The van der Waals surface area contributed by atoms with E-state index in [-0.39, 0.29) is 40.6 Å². The van der Waals surface area contributed by atoms with E-state index in [2.05, 4.69) is 10.6 Å². The highest BCUT2D eigenvalue weighted by molar-refractivity contribution is 7.91. The van der Waals surface area contributed by atoms with Crippen molar-refractivity contribution in [3.63, 3.8) is 0 Å². The standard InChI is InChI=1S/C21H21ClN2O7S/c1-12(13-2-3-16-18(8-13)30-6-5-29-16)23-20(25)4-7-32(27,28)19-10-17-15(9-14(19)22)24-21(26)11-31-17/h2-3,8-10,12H,4-7,11H2,1H3,(H,23,25)(H,24,26). The number of anilines is 1. The lowest BCUT2D eigenvalue weighted by molar-refractivity contribution is -0.121. The van der Waals surface area contributed by atoms with Crippen molar-refractivity contribution < 1.29 is 32.2 Å². The first-order valence-electron chi connectivity index (χ1n) is 9.91. The van der Waals surface area contributed by atoms with Crippen molar-refractivity contribution in [1.29, 1.82) is 0 Å². The Balaban J connectivity index is 1.39. The fraction of sp³-hybridized carbons (Fsp3) is 0.333. The first-order chi connectivity index (χ1) is 15.2. The highest BCUT2D eigenvalue weighted by atomic mass is 35.5. The number of hydrogen-bond donors (Lipinski definition) is 2. The molecule has 170 valence electrons. The van der Waals surface area contributed by atoms with Crippen molar-refractivity contribution in [1.82, 2.24) is 5.32 Å². The van der Waals surface area contributed by atoms with Gasteiger partial charge >= 0.3 is 0 Å². The van der Waals surface area contributed by atoms with Crippen molar-refractivity contribution >= 4 is 38.9 Å². The van der Waals surface area contributed by atoms with E-state index in [1.165, 1.54) is 12.1 Å². The molecule has 0 bridgehead atoms. The highest BCUT2D eigenvalue weighted by Gasteiger charge is 2.25. The normalized spacial score (nSPS) is 15.8. The Morgan fingerprint density at radius 2 is 1.88 bits per heavy atom. The van der Waals surface area contributed by atoms with Crippen LogP contribution in [0.5, 0.6) is 17.2 Å². The predicted molar refractivity (Wildman–Crippen MR) is 116 cm³/mol. The summed E-state index contributed by atoms with van der Waals surface area (Å²) in [7, 11) is -3.87. The molecule has 4 rings (SSSR count). The fourth-order valence-corrected chi connectivity index (χ4v) is 5.22. The molecule has 2 aliphatic heterocycles. The van der Waals surface area contributed by atoms with Crippen LogP contribution in [-0.2, 0) is 19.4 Å². The van der Waals surface area contributed by atoms with E-state index in [1.54, 1.807) is 19.1 Å². The Labute approximate surface area is 189 Å². The molecular weight excluding hydrogens is 460 g/mol. The summed E-state index contributed by atoms with van der Waals surface area (Å²) >= 11 is 6.12. The van der Waals surface area contributed by atoms with E-state index in [4.69, 9.17) is 25.8 Å². The van der Waals surface area contributed by atoms with Gasteiger partial charge in [-0.15, -0.1) is 0 Å². The Morgan fingerprint density at radius 3 is 2.66 bits per heavy atom. The van der Waals surface area contributed by atoms with Crippen LogP contribution in [0.15, 0.2) is 35.2 Å². The van der Waals surface area contributed by atoms with Crippen molar-refractivity contribution in [3.05, 3.63) is 40.9 Å². The lowest BCUT2D eigenvalue weighted by Gasteiger charge is -2.21. The van der Waals surface area contributed by atoms with Crippen LogP contribution >= 0.6 is 11.6 Å². The van der Waals surface area contributed by atoms with Crippen LogP contribution in [0, 0.1) is 0 Å². The number of nitrogens with one attached hydrogen (secondary N) is 2. The average molecular weight is 481 g/mol. The zero-order valence-electron chi connectivity index (χ0n) is 17.1. The van der Waals surface area contributed by atoms with Gasteiger partial charge < -0.3 is 24.8 Å². The van der Waals surface area contributed by atoms with Crippen LogP contribution in [0.1, 0.15) is 24.9 Å². The number of benzene rings is 2. The Hall–Kier alpha value is -2.98. The van der Waals surface area contributed by atoms with Gasteiger partial charge in [-0.3, -0.25) is 9.59 Å². The minimum Gasteiger partial charge on any atom is -0.486 e. The predicted octanol–water partition coefficient (Wildman–Crippen LogP) is 2.48. The van der Waals surface area contributed by atoms with Gasteiger partial charge in [0.1, 0.15) is 19.0 Å². The Morgan fingerprint density at radius 1 is 1.12 bits per heavy atom. The van der Waals surface area contributed by atoms with Gasteiger partial charge in [-0.2, -0.15) is 0 Å². The van der Waals surface area contributed by atoms with Crippen molar-refractivity contribution in [2.24, 2.45) is 0 Å². The second kappa shape index (κ2) is 8.87. The second-order valence-corrected chi connectivity index (χ2v) is 9.86. The molecule has 2 aromatic rings. The summed E-state index contributed by atoms with van der Waals surface area (Å²) in [6.07, 6.45) is -0.248. The van der Waals surface area contributed by atoms with Gasteiger partial charge in [0.25, 0.3) is 5.91 Å². The van der Waals surface area contributed by atoms with Crippen molar-refractivity contribution in [2.75, 3.05) is 30.9 Å². The van der Waals surface area contributed by atoms with Gasteiger partial charge in [-0.05, 0) is 30.7 Å². The Bertz CT molecular complexity index is 1180.